The lowest BCUT2D eigenvalue weighted by molar-refractivity contribution is 1.07. The predicted molar refractivity (Wildman–Crippen MR) is 189 cm³/mol. The Morgan fingerprint density at radius 2 is 0.957 bits per heavy atom. The minimum Gasteiger partial charge on any atom is -0.309 e. The van der Waals surface area contributed by atoms with Gasteiger partial charge in [0.15, 0.2) is 17.5 Å². The van der Waals surface area contributed by atoms with E-state index in [1.165, 1.54) is 15.5 Å². The summed E-state index contributed by atoms with van der Waals surface area (Å²) in [4.78, 5) is 19.6. The number of para-hydroxylation sites is 2. The molecular weight excluding hydrogens is 583 g/mol. The molecule has 3 heterocycles. The van der Waals surface area contributed by atoms with Gasteiger partial charge in [-0.05, 0) is 60.7 Å². The van der Waals surface area contributed by atoms with Gasteiger partial charge in [-0.25, -0.2) is 19.9 Å². The summed E-state index contributed by atoms with van der Waals surface area (Å²) in [6, 6.07) is 52.2. The predicted octanol–water partition coefficient (Wildman–Crippen LogP) is 10.2. The molecule has 0 atom stereocenters. The monoisotopic (exact) mass is 607 g/mol. The van der Waals surface area contributed by atoms with E-state index in [1.807, 2.05) is 66.7 Å². The van der Waals surface area contributed by atoms with Crippen LogP contribution >= 0.6 is 11.3 Å². The highest BCUT2D eigenvalue weighted by Gasteiger charge is 2.16. The minimum absolute atomic E-state index is 0.641. The fraction of sp³-hybridized carbons (Fsp3) is 0. The van der Waals surface area contributed by atoms with E-state index in [1.54, 1.807) is 11.3 Å². The van der Waals surface area contributed by atoms with Crippen molar-refractivity contribution in [1.82, 2.24) is 24.5 Å². The Bertz CT molecular complexity index is 2430. The van der Waals surface area contributed by atoms with E-state index in [-0.39, 0.29) is 0 Å². The van der Waals surface area contributed by atoms with Gasteiger partial charge in [0.2, 0.25) is 0 Å². The summed E-state index contributed by atoms with van der Waals surface area (Å²) in [5.41, 5.74) is 8.38. The molecule has 0 unspecified atom stereocenters. The van der Waals surface area contributed by atoms with Crippen molar-refractivity contribution in [2.75, 3.05) is 0 Å². The molecule has 5 nitrogen and oxygen atoms in total. The molecule has 0 N–H and O–H groups in total. The lowest BCUT2D eigenvalue weighted by Gasteiger charge is -2.11. The van der Waals surface area contributed by atoms with Gasteiger partial charge >= 0.3 is 0 Å². The van der Waals surface area contributed by atoms with Gasteiger partial charge in [-0.15, -0.1) is 11.3 Å². The molecule has 0 aliphatic heterocycles. The van der Waals surface area contributed by atoms with Crippen molar-refractivity contribution in [3.05, 3.63) is 152 Å². The van der Waals surface area contributed by atoms with Crippen LogP contribution in [0.3, 0.4) is 0 Å². The fourth-order valence-corrected chi connectivity index (χ4v) is 7.04. The zero-order valence-electron chi connectivity index (χ0n) is 24.6. The van der Waals surface area contributed by atoms with Crippen LogP contribution in [-0.2, 0) is 0 Å². The molecule has 0 aliphatic rings. The van der Waals surface area contributed by atoms with E-state index < -0.39 is 0 Å². The Morgan fingerprint density at radius 1 is 0.413 bits per heavy atom. The fourth-order valence-electron chi connectivity index (χ4n) is 6.08. The number of hydrogen-bond donors (Lipinski definition) is 0. The van der Waals surface area contributed by atoms with Crippen molar-refractivity contribution in [3.8, 4) is 50.4 Å². The molecule has 0 fully saturated rings. The van der Waals surface area contributed by atoms with E-state index in [4.69, 9.17) is 19.9 Å². The van der Waals surface area contributed by atoms with Gasteiger partial charge in [-0.1, -0.05) is 91.0 Å². The average Bonchev–Trinajstić information content (AvgIpc) is 3.72. The number of aromatic nitrogens is 5. The third kappa shape index (κ3) is 4.55. The Balaban J connectivity index is 1.15. The Kier molecular flexibility index (Phi) is 6.25. The van der Waals surface area contributed by atoms with Crippen LogP contribution in [0.25, 0.3) is 82.4 Å². The van der Waals surface area contributed by atoms with Crippen LogP contribution in [0.15, 0.2) is 152 Å². The number of benzene rings is 6. The van der Waals surface area contributed by atoms with E-state index in [9.17, 15) is 0 Å². The summed E-state index contributed by atoms with van der Waals surface area (Å²) in [6.07, 6.45) is 0. The molecule has 9 rings (SSSR count). The molecule has 0 spiro atoms. The first-order valence-corrected chi connectivity index (χ1v) is 16.0. The molecular formula is C40H25N5S. The molecule has 0 saturated heterocycles. The van der Waals surface area contributed by atoms with E-state index in [0.29, 0.717) is 17.5 Å². The van der Waals surface area contributed by atoms with Gasteiger partial charge in [0.25, 0.3) is 0 Å². The number of fused-ring (bicyclic) bond motifs is 4. The summed E-state index contributed by atoms with van der Waals surface area (Å²) < 4.78 is 3.53. The molecule has 0 saturated carbocycles. The van der Waals surface area contributed by atoms with Gasteiger partial charge in [0.05, 0.1) is 21.3 Å². The molecule has 0 radical (unpaired) electrons. The van der Waals surface area contributed by atoms with Crippen LogP contribution in [0, 0.1) is 0 Å². The van der Waals surface area contributed by atoms with Crippen molar-refractivity contribution in [2.45, 2.75) is 0 Å². The van der Waals surface area contributed by atoms with Crippen LogP contribution in [0.1, 0.15) is 0 Å². The molecule has 0 aliphatic carbocycles. The van der Waals surface area contributed by atoms with Crippen molar-refractivity contribution in [3.63, 3.8) is 0 Å². The third-order valence-corrected chi connectivity index (χ3v) is 9.38. The summed E-state index contributed by atoms with van der Waals surface area (Å²) >= 11 is 1.73. The zero-order valence-corrected chi connectivity index (χ0v) is 25.4. The SMILES string of the molecule is c1ccc(-c2nc(-c3ccccc3)nc(-c3ccc(-n4c5ccccc5c5cc(-c6nc7ccccc7s6)ccc54)cc3)n2)cc1. The maximum Gasteiger partial charge on any atom is 0.164 e. The first kappa shape index (κ1) is 26.4. The Labute approximate surface area is 269 Å². The highest BCUT2D eigenvalue weighted by atomic mass is 32.1. The molecule has 6 heteroatoms. The van der Waals surface area contributed by atoms with Crippen LogP contribution < -0.4 is 0 Å². The number of thiazole rings is 1. The molecule has 9 aromatic rings. The van der Waals surface area contributed by atoms with Gasteiger partial charge in [-0.3, -0.25) is 0 Å². The first-order valence-electron chi connectivity index (χ1n) is 15.2. The third-order valence-electron chi connectivity index (χ3n) is 8.30. The average molecular weight is 608 g/mol. The second kappa shape index (κ2) is 10.9. The number of hydrogen-bond acceptors (Lipinski definition) is 5. The van der Waals surface area contributed by atoms with Gasteiger partial charge < -0.3 is 4.57 Å². The highest BCUT2D eigenvalue weighted by molar-refractivity contribution is 7.21. The van der Waals surface area contributed by atoms with Crippen molar-refractivity contribution in [1.29, 1.82) is 0 Å². The summed E-state index contributed by atoms with van der Waals surface area (Å²) in [6.45, 7) is 0. The summed E-state index contributed by atoms with van der Waals surface area (Å²) in [5.74, 6) is 1.95. The highest BCUT2D eigenvalue weighted by Crippen LogP contribution is 2.37. The topological polar surface area (TPSA) is 56.5 Å². The van der Waals surface area contributed by atoms with Crippen molar-refractivity contribution < 1.29 is 0 Å². The Hall–Kier alpha value is -5.98. The molecule has 0 bridgehead atoms. The molecule has 46 heavy (non-hydrogen) atoms. The lowest BCUT2D eigenvalue weighted by Crippen LogP contribution is -2.00. The van der Waals surface area contributed by atoms with Crippen LogP contribution in [0.4, 0.5) is 0 Å². The normalized spacial score (nSPS) is 11.5. The number of nitrogens with zero attached hydrogens (tertiary/aromatic N) is 5. The molecule has 6 aromatic carbocycles. The van der Waals surface area contributed by atoms with E-state index in [2.05, 4.69) is 89.5 Å². The van der Waals surface area contributed by atoms with Crippen LogP contribution in [0.5, 0.6) is 0 Å². The number of rotatable bonds is 5. The smallest absolute Gasteiger partial charge is 0.164 e. The maximum atomic E-state index is 4.92. The Morgan fingerprint density at radius 3 is 1.63 bits per heavy atom. The first-order chi connectivity index (χ1) is 22.8. The largest absolute Gasteiger partial charge is 0.309 e. The van der Waals surface area contributed by atoms with Crippen molar-refractivity contribution in [2.24, 2.45) is 0 Å². The second-order valence-corrected chi connectivity index (χ2v) is 12.2. The maximum absolute atomic E-state index is 4.92. The van der Waals surface area contributed by atoms with Crippen molar-refractivity contribution >= 4 is 43.4 Å². The standard InChI is InChI=1S/C40H25N5S/c1-3-11-26(12-4-1)37-42-38(27-13-5-2-6-14-27)44-39(43-37)28-19-22-30(23-20-28)45-34-17-9-7-15-31(34)32-25-29(21-24-35(32)45)40-41-33-16-8-10-18-36(33)46-40/h1-25H. The van der Waals surface area contributed by atoms with Crippen LogP contribution in [-0.4, -0.2) is 24.5 Å². The summed E-state index contributed by atoms with van der Waals surface area (Å²) in [5, 5.41) is 3.45. The summed E-state index contributed by atoms with van der Waals surface area (Å²) in [7, 11) is 0. The van der Waals surface area contributed by atoms with Gasteiger partial charge in [0, 0.05) is 38.7 Å². The zero-order chi connectivity index (χ0) is 30.5. The van der Waals surface area contributed by atoms with Crippen LogP contribution in [0.2, 0.25) is 0 Å². The van der Waals surface area contributed by atoms with Gasteiger partial charge in [0.1, 0.15) is 5.01 Å². The molecule has 0 amide bonds. The second-order valence-electron chi connectivity index (χ2n) is 11.2. The molecule has 216 valence electrons. The minimum atomic E-state index is 0.641. The quantitative estimate of drug-likeness (QED) is 0.195. The van der Waals surface area contributed by atoms with E-state index >= 15 is 0 Å². The molecule has 3 aromatic heterocycles. The lowest BCUT2D eigenvalue weighted by atomic mass is 10.1. The van der Waals surface area contributed by atoms with Gasteiger partial charge in [-0.2, -0.15) is 0 Å². The van der Waals surface area contributed by atoms with E-state index in [0.717, 1.165) is 49.5 Å².